The van der Waals surface area contributed by atoms with E-state index in [2.05, 4.69) is 43.1 Å². The third-order valence-electron chi connectivity index (χ3n) is 2.79. The predicted molar refractivity (Wildman–Crippen MR) is 77.5 cm³/mol. The number of benzene rings is 1. The van der Waals surface area contributed by atoms with E-state index in [0.29, 0.717) is 6.61 Å². The van der Waals surface area contributed by atoms with Crippen molar-refractivity contribution >= 4 is 0 Å². The molecule has 0 bridgehead atoms. The van der Waals surface area contributed by atoms with Gasteiger partial charge in [-0.2, -0.15) is 0 Å². The van der Waals surface area contributed by atoms with E-state index in [0.717, 1.165) is 32.5 Å². The molecular formula is C16H25NO. The summed E-state index contributed by atoms with van der Waals surface area (Å²) in [4.78, 5) is 0. The van der Waals surface area contributed by atoms with E-state index < -0.39 is 0 Å². The van der Waals surface area contributed by atoms with E-state index in [1.165, 1.54) is 16.7 Å². The fraction of sp³-hybridized carbons (Fsp3) is 0.500. The molecule has 2 heteroatoms. The van der Waals surface area contributed by atoms with Crippen LogP contribution in [0.1, 0.15) is 37.8 Å². The molecule has 0 heterocycles. The van der Waals surface area contributed by atoms with E-state index in [1.807, 2.05) is 6.92 Å². The standard InChI is InChI=1S/C16H25NO/c1-4-10-17-12-15-7-5-6-8-16(15)13-18-11-9-14(2)3/h5-8,17H,2,4,9-13H2,1,3H3. The van der Waals surface area contributed by atoms with Crippen LogP contribution in [0.25, 0.3) is 0 Å². The Bertz CT molecular complexity index is 360. The first-order chi connectivity index (χ1) is 8.74. The van der Waals surface area contributed by atoms with E-state index in [9.17, 15) is 0 Å². The third-order valence-corrected chi connectivity index (χ3v) is 2.79. The molecule has 100 valence electrons. The Morgan fingerprint density at radius 3 is 2.67 bits per heavy atom. The van der Waals surface area contributed by atoms with Crippen LogP contribution in [-0.4, -0.2) is 13.2 Å². The van der Waals surface area contributed by atoms with Gasteiger partial charge in [0.25, 0.3) is 0 Å². The third kappa shape index (κ3) is 5.99. The molecule has 0 atom stereocenters. The summed E-state index contributed by atoms with van der Waals surface area (Å²) in [6, 6.07) is 8.46. The Balaban J connectivity index is 2.40. The lowest BCUT2D eigenvalue weighted by Crippen LogP contribution is -2.15. The Morgan fingerprint density at radius 2 is 2.00 bits per heavy atom. The molecule has 0 unspecified atom stereocenters. The van der Waals surface area contributed by atoms with Crippen LogP contribution in [0.5, 0.6) is 0 Å². The highest BCUT2D eigenvalue weighted by atomic mass is 16.5. The van der Waals surface area contributed by atoms with E-state index in [1.54, 1.807) is 0 Å². The molecule has 1 aromatic carbocycles. The summed E-state index contributed by atoms with van der Waals surface area (Å²) < 4.78 is 5.69. The minimum Gasteiger partial charge on any atom is -0.376 e. The number of ether oxygens (including phenoxy) is 1. The van der Waals surface area contributed by atoms with Gasteiger partial charge in [-0.3, -0.25) is 0 Å². The van der Waals surface area contributed by atoms with Crippen LogP contribution in [0.3, 0.4) is 0 Å². The van der Waals surface area contributed by atoms with Crippen LogP contribution < -0.4 is 5.32 Å². The zero-order chi connectivity index (χ0) is 13.2. The van der Waals surface area contributed by atoms with Gasteiger partial charge in [0.15, 0.2) is 0 Å². The van der Waals surface area contributed by atoms with Crippen LogP contribution in [0.4, 0.5) is 0 Å². The highest BCUT2D eigenvalue weighted by Gasteiger charge is 2.01. The zero-order valence-electron chi connectivity index (χ0n) is 11.7. The van der Waals surface area contributed by atoms with Crippen molar-refractivity contribution in [2.45, 2.75) is 39.8 Å². The van der Waals surface area contributed by atoms with Gasteiger partial charge in [0.05, 0.1) is 13.2 Å². The summed E-state index contributed by atoms with van der Waals surface area (Å²) in [5, 5.41) is 3.43. The van der Waals surface area contributed by atoms with Crippen molar-refractivity contribution < 1.29 is 4.74 Å². The minimum absolute atomic E-state index is 0.692. The maximum atomic E-state index is 5.69. The first-order valence-corrected chi connectivity index (χ1v) is 6.73. The lowest BCUT2D eigenvalue weighted by molar-refractivity contribution is 0.123. The lowest BCUT2D eigenvalue weighted by atomic mass is 10.1. The first-order valence-electron chi connectivity index (χ1n) is 6.73. The predicted octanol–water partition coefficient (Wildman–Crippen LogP) is 3.67. The normalized spacial score (nSPS) is 10.6. The maximum absolute atomic E-state index is 5.69. The molecule has 0 aromatic heterocycles. The SMILES string of the molecule is C=C(C)CCOCc1ccccc1CNCCC. The summed E-state index contributed by atoms with van der Waals surface area (Å²) in [6.45, 7) is 11.5. The second-order valence-corrected chi connectivity index (χ2v) is 4.71. The highest BCUT2D eigenvalue weighted by Crippen LogP contribution is 2.10. The minimum atomic E-state index is 0.692. The number of nitrogens with one attached hydrogen (secondary N) is 1. The van der Waals surface area contributed by atoms with Gasteiger partial charge in [0, 0.05) is 6.54 Å². The van der Waals surface area contributed by atoms with Crippen LogP contribution in [0.2, 0.25) is 0 Å². The van der Waals surface area contributed by atoms with Crippen molar-refractivity contribution in [3.05, 3.63) is 47.5 Å². The molecule has 1 aromatic rings. The second kappa shape index (κ2) is 8.90. The van der Waals surface area contributed by atoms with E-state index in [4.69, 9.17) is 4.74 Å². The topological polar surface area (TPSA) is 21.3 Å². The van der Waals surface area contributed by atoms with Crippen molar-refractivity contribution in [2.24, 2.45) is 0 Å². The summed E-state index contributed by atoms with van der Waals surface area (Å²) >= 11 is 0. The van der Waals surface area contributed by atoms with E-state index in [-0.39, 0.29) is 0 Å². The number of hydrogen-bond donors (Lipinski definition) is 1. The second-order valence-electron chi connectivity index (χ2n) is 4.71. The molecule has 0 fully saturated rings. The Hall–Kier alpha value is -1.12. The van der Waals surface area contributed by atoms with Gasteiger partial charge in [0.2, 0.25) is 0 Å². The van der Waals surface area contributed by atoms with Crippen molar-refractivity contribution in [2.75, 3.05) is 13.2 Å². The summed E-state index contributed by atoms with van der Waals surface area (Å²) in [6.07, 6.45) is 2.10. The molecule has 18 heavy (non-hydrogen) atoms. The molecule has 1 rings (SSSR count). The quantitative estimate of drug-likeness (QED) is 0.531. The van der Waals surface area contributed by atoms with Crippen molar-refractivity contribution in [1.82, 2.24) is 5.32 Å². The van der Waals surface area contributed by atoms with Crippen LogP contribution in [0, 0.1) is 0 Å². The van der Waals surface area contributed by atoms with Crippen molar-refractivity contribution in [3.63, 3.8) is 0 Å². The van der Waals surface area contributed by atoms with Gasteiger partial charge < -0.3 is 10.1 Å². The van der Waals surface area contributed by atoms with Crippen LogP contribution in [-0.2, 0) is 17.9 Å². The maximum Gasteiger partial charge on any atom is 0.0720 e. The summed E-state index contributed by atoms with van der Waals surface area (Å²) in [7, 11) is 0. The number of hydrogen-bond acceptors (Lipinski definition) is 2. The molecule has 2 nitrogen and oxygen atoms in total. The van der Waals surface area contributed by atoms with Gasteiger partial charge >= 0.3 is 0 Å². The number of rotatable bonds is 9. The Kier molecular flexibility index (Phi) is 7.38. The van der Waals surface area contributed by atoms with E-state index >= 15 is 0 Å². The Morgan fingerprint density at radius 1 is 1.28 bits per heavy atom. The van der Waals surface area contributed by atoms with Gasteiger partial charge in [0.1, 0.15) is 0 Å². The first kappa shape index (κ1) is 14.9. The molecule has 0 aliphatic carbocycles. The smallest absolute Gasteiger partial charge is 0.0720 e. The Labute approximate surface area is 111 Å². The van der Waals surface area contributed by atoms with Gasteiger partial charge in [-0.15, -0.1) is 6.58 Å². The summed E-state index contributed by atoms with van der Waals surface area (Å²) in [5.41, 5.74) is 3.79. The molecule has 0 amide bonds. The summed E-state index contributed by atoms with van der Waals surface area (Å²) in [5.74, 6) is 0. The molecule has 0 aliphatic heterocycles. The highest BCUT2D eigenvalue weighted by molar-refractivity contribution is 5.26. The molecule has 0 saturated carbocycles. The fourth-order valence-electron chi connectivity index (χ4n) is 1.70. The zero-order valence-corrected chi connectivity index (χ0v) is 11.7. The molecular weight excluding hydrogens is 222 g/mol. The lowest BCUT2D eigenvalue weighted by Gasteiger charge is -2.11. The molecule has 0 radical (unpaired) electrons. The molecule has 0 aliphatic rings. The van der Waals surface area contributed by atoms with Crippen LogP contribution >= 0.6 is 0 Å². The largest absolute Gasteiger partial charge is 0.376 e. The van der Waals surface area contributed by atoms with Gasteiger partial charge in [-0.25, -0.2) is 0 Å². The average Bonchev–Trinajstić information content (AvgIpc) is 2.36. The average molecular weight is 247 g/mol. The molecule has 1 N–H and O–H groups in total. The van der Waals surface area contributed by atoms with Crippen molar-refractivity contribution in [3.8, 4) is 0 Å². The van der Waals surface area contributed by atoms with Gasteiger partial charge in [-0.05, 0) is 37.4 Å². The fourth-order valence-corrected chi connectivity index (χ4v) is 1.70. The van der Waals surface area contributed by atoms with Gasteiger partial charge in [-0.1, -0.05) is 36.8 Å². The van der Waals surface area contributed by atoms with Crippen LogP contribution in [0.15, 0.2) is 36.4 Å². The molecule has 0 spiro atoms. The molecule has 0 saturated heterocycles. The van der Waals surface area contributed by atoms with Crippen molar-refractivity contribution in [1.29, 1.82) is 0 Å². The monoisotopic (exact) mass is 247 g/mol.